The Labute approximate surface area is 110 Å². The van der Waals surface area contributed by atoms with Crippen LogP contribution in [0.2, 0.25) is 0 Å². The van der Waals surface area contributed by atoms with E-state index in [1.807, 2.05) is 12.1 Å². The molecule has 1 heterocycles. The topological polar surface area (TPSA) is 62.2 Å². The van der Waals surface area contributed by atoms with Crippen molar-refractivity contribution in [2.45, 2.75) is 12.5 Å². The largest absolute Gasteiger partial charge is 0.480 e. The van der Waals surface area contributed by atoms with Crippen LogP contribution in [0.3, 0.4) is 0 Å². The molecule has 1 unspecified atom stereocenters. The van der Waals surface area contributed by atoms with Crippen LogP contribution >= 0.6 is 34.0 Å². The van der Waals surface area contributed by atoms with Gasteiger partial charge in [-0.25, -0.2) is 0 Å². The third kappa shape index (κ3) is 5.86. The summed E-state index contributed by atoms with van der Waals surface area (Å²) in [4.78, 5) is 14.7. The van der Waals surface area contributed by atoms with Gasteiger partial charge in [0.15, 0.2) is 0 Å². The lowest BCUT2D eigenvalue weighted by Crippen LogP contribution is -2.35. The SMILES string of the molecule is Br.Br.CNC(Cc1ccccn1)C(=O)O. The van der Waals surface area contributed by atoms with E-state index < -0.39 is 12.0 Å². The number of likely N-dealkylation sites (N-methyl/N-ethyl adjacent to an activating group) is 1. The highest BCUT2D eigenvalue weighted by Gasteiger charge is 2.15. The molecule has 1 aromatic heterocycles. The first-order valence-corrected chi connectivity index (χ1v) is 4.04. The van der Waals surface area contributed by atoms with Gasteiger partial charge in [-0.15, -0.1) is 34.0 Å². The molecular formula is C9H14Br2N2O2. The molecule has 0 spiro atoms. The van der Waals surface area contributed by atoms with E-state index in [-0.39, 0.29) is 34.0 Å². The minimum atomic E-state index is -0.854. The van der Waals surface area contributed by atoms with Crippen LogP contribution in [0, 0.1) is 0 Å². The highest BCUT2D eigenvalue weighted by molar-refractivity contribution is 8.93. The fraction of sp³-hybridized carbons (Fsp3) is 0.333. The maximum absolute atomic E-state index is 10.6. The molecule has 0 aromatic carbocycles. The van der Waals surface area contributed by atoms with Crippen molar-refractivity contribution in [1.29, 1.82) is 0 Å². The Morgan fingerprint density at radius 3 is 2.60 bits per heavy atom. The summed E-state index contributed by atoms with van der Waals surface area (Å²) in [7, 11) is 1.63. The van der Waals surface area contributed by atoms with Gasteiger partial charge in [-0.3, -0.25) is 9.78 Å². The predicted octanol–water partition coefficient (Wildman–Crippen LogP) is 1.45. The van der Waals surface area contributed by atoms with Gasteiger partial charge in [0.1, 0.15) is 6.04 Å². The molecule has 6 heteroatoms. The number of carboxylic acid groups (broad SMARTS) is 1. The number of nitrogens with zero attached hydrogens (tertiary/aromatic N) is 1. The van der Waals surface area contributed by atoms with Gasteiger partial charge >= 0.3 is 5.97 Å². The minimum Gasteiger partial charge on any atom is -0.480 e. The van der Waals surface area contributed by atoms with Crippen molar-refractivity contribution < 1.29 is 9.90 Å². The van der Waals surface area contributed by atoms with Crippen molar-refractivity contribution in [2.24, 2.45) is 0 Å². The van der Waals surface area contributed by atoms with Crippen molar-refractivity contribution in [1.82, 2.24) is 10.3 Å². The lowest BCUT2D eigenvalue weighted by molar-refractivity contribution is -0.139. The summed E-state index contributed by atoms with van der Waals surface area (Å²) >= 11 is 0. The third-order valence-electron chi connectivity index (χ3n) is 1.79. The van der Waals surface area contributed by atoms with Crippen LogP contribution < -0.4 is 5.32 Å². The van der Waals surface area contributed by atoms with Gasteiger partial charge in [-0.2, -0.15) is 0 Å². The number of carboxylic acids is 1. The van der Waals surface area contributed by atoms with Gasteiger partial charge in [0.25, 0.3) is 0 Å². The maximum atomic E-state index is 10.6. The zero-order valence-electron chi connectivity index (χ0n) is 8.21. The van der Waals surface area contributed by atoms with Crippen molar-refractivity contribution in [2.75, 3.05) is 7.05 Å². The zero-order valence-corrected chi connectivity index (χ0v) is 11.6. The van der Waals surface area contributed by atoms with E-state index in [0.717, 1.165) is 5.69 Å². The molecule has 0 aliphatic carbocycles. The first kappa shape index (κ1) is 17.0. The van der Waals surface area contributed by atoms with E-state index in [0.29, 0.717) is 6.42 Å². The Morgan fingerprint density at radius 1 is 1.53 bits per heavy atom. The number of hydrogen-bond donors (Lipinski definition) is 2. The van der Waals surface area contributed by atoms with Crippen LogP contribution in [-0.2, 0) is 11.2 Å². The average Bonchev–Trinajstić information content (AvgIpc) is 2.15. The molecule has 0 amide bonds. The number of aliphatic carboxylic acids is 1. The van der Waals surface area contributed by atoms with Crippen LogP contribution in [-0.4, -0.2) is 29.1 Å². The summed E-state index contributed by atoms with van der Waals surface area (Å²) in [6.45, 7) is 0. The molecule has 15 heavy (non-hydrogen) atoms. The molecule has 86 valence electrons. The Hall–Kier alpha value is -0.460. The Kier molecular flexibility index (Phi) is 9.96. The van der Waals surface area contributed by atoms with E-state index in [2.05, 4.69) is 10.3 Å². The summed E-state index contributed by atoms with van der Waals surface area (Å²) in [5.74, 6) is -0.854. The molecule has 0 bridgehead atoms. The molecule has 0 aliphatic heterocycles. The zero-order chi connectivity index (χ0) is 9.68. The van der Waals surface area contributed by atoms with E-state index in [9.17, 15) is 4.79 Å². The fourth-order valence-corrected chi connectivity index (χ4v) is 1.04. The van der Waals surface area contributed by atoms with Gasteiger partial charge < -0.3 is 10.4 Å². The Bertz CT molecular complexity index is 283. The van der Waals surface area contributed by atoms with Crippen LogP contribution in [0.5, 0.6) is 0 Å². The Balaban J connectivity index is 0. The van der Waals surface area contributed by atoms with Gasteiger partial charge in [0, 0.05) is 18.3 Å². The lowest BCUT2D eigenvalue weighted by atomic mass is 10.1. The summed E-state index contributed by atoms with van der Waals surface area (Å²) in [5.41, 5.74) is 0.782. The monoisotopic (exact) mass is 340 g/mol. The molecule has 4 nitrogen and oxygen atoms in total. The van der Waals surface area contributed by atoms with Crippen LogP contribution in [0.15, 0.2) is 24.4 Å². The summed E-state index contributed by atoms with van der Waals surface area (Å²) < 4.78 is 0. The smallest absolute Gasteiger partial charge is 0.321 e. The second-order valence-electron chi connectivity index (χ2n) is 2.70. The van der Waals surface area contributed by atoms with Crippen molar-refractivity contribution in [3.63, 3.8) is 0 Å². The van der Waals surface area contributed by atoms with Crippen molar-refractivity contribution in [3.05, 3.63) is 30.1 Å². The summed E-state index contributed by atoms with van der Waals surface area (Å²) in [6, 6.07) is 4.90. The minimum absolute atomic E-state index is 0. The number of carbonyl (C=O) groups is 1. The Morgan fingerprint density at radius 2 is 2.20 bits per heavy atom. The number of hydrogen-bond acceptors (Lipinski definition) is 3. The van der Waals surface area contributed by atoms with Gasteiger partial charge in [-0.05, 0) is 19.2 Å². The molecule has 1 rings (SSSR count). The van der Waals surface area contributed by atoms with Gasteiger partial charge in [0.05, 0.1) is 0 Å². The molecule has 0 fully saturated rings. The number of pyridine rings is 1. The quantitative estimate of drug-likeness (QED) is 0.870. The molecule has 0 saturated carbocycles. The molecule has 0 saturated heterocycles. The second-order valence-corrected chi connectivity index (χ2v) is 2.70. The lowest BCUT2D eigenvalue weighted by Gasteiger charge is -2.09. The second kappa shape index (κ2) is 8.82. The van der Waals surface area contributed by atoms with Crippen LogP contribution in [0.25, 0.3) is 0 Å². The number of aromatic nitrogens is 1. The number of rotatable bonds is 4. The van der Waals surface area contributed by atoms with Crippen LogP contribution in [0.1, 0.15) is 5.69 Å². The maximum Gasteiger partial charge on any atom is 0.321 e. The van der Waals surface area contributed by atoms with Gasteiger partial charge in [0.2, 0.25) is 0 Å². The highest BCUT2D eigenvalue weighted by atomic mass is 79.9. The average molecular weight is 342 g/mol. The van der Waals surface area contributed by atoms with Crippen molar-refractivity contribution in [3.8, 4) is 0 Å². The first-order chi connectivity index (χ1) is 6.24. The summed E-state index contributed by atoms with van der Waals surface area (Å²) in [5, 5.41) is 11.5. The van der Waals surface area contributed by atoms with E-state index >= 15 is 0 Å². The molecular weight excluding hydrogens is 328 g/mol. The van der Waals surface area contributed by atoms with E-state index in [4.69, 9.17) is 5.11 Å². The highest BCUT2D eigenvalue weighted by Crippen LogP contribution is 1.98. The molecule has 0 radical (unpaired) electrons. The molecule has 1 atom stereocenters. The van der Waals surface area contributed by atoms with Crippen molar-refractivity contribution >= 4 is 39.9 Å². The molecule has 0 aliphatic rings. The van der Waals surface area contributed by atoms with E-state index in [1.165, 1.54) is 0 Å². The van der Waals surface area contributed by atoms with E-state index in [1.54, 1.807) is 19.3 Å². The predicted molar refractivity (Wildman–Crippen MR) is 69.1 cm³/mol. The first-order valence-electron chi connectivity index (χ1n) is 4.04. The summed E-state index contributed by atoms with van der Waals surface area (Å²) in [6.07, 6.45) is 2.07. The normalized spacial score (nSPS) is 10.7. The van der Waals surface area contributed by atoms with Crippen LogP contribution in [0.4, 0.5) is 0 Å². The standard InChI is InChI=1S/C9H12N2O2.2BrH/c1-10-8(9(12)13)6-7-4-2-3-5-11-7;;/h2-5,8,10H,6H2,1H3,(H,12,13);2*1H. The molecule has 2 N–H and O–H groups in total. The fourth-order valence-electron chi connectivity index (χ4n) is 1.04. The number of halogens is 2. The molecule has 1 aromatic rings. The van der Waals surface area contributed by atoms with Gasteiger partial charge in [-0.1, -0.05) is 6.07 Å². The third-order valence-corrected chi connectivity index (χ3v) is 1.79. The number of nitrogens with one attached hydrogen (secondary N) is 1.